The van der Waals surface area contributed by atoms with Gasteiger partial charge in [-0.1, -0.05) is 0 Å². The van der Waals surface area contributed by atoms with Gasteiger partial charge in [0.15, 0.2) is 0 Å². The van der Waals surface area contributed by atoms with E-state index in [-0.39, 0.29) is 5.78 Å². The molecule has 0 unspecified atom stereocenters. The molecule has 84 valence electrons. The number of fused-ring (bicyclic) bond motifs is 1. The summed E-state index contributed by atoms with van der Waals surface area (Å²) in [5.74, 6) is 0.160. The average Bonchev–Trinajstić information content (AvgIpc) is 2.64. The molecule has 4 nitrogen and oxygen atoms in total. The molecule has 0 aromatic carbocycles. The van der Waals surface area contributed by atoms with Crippen LogP contribution in [-0.4, -0.2) is 15.3 Å². The van der Waals surface area contributed by atoms with Crippen molar-refractivity contribution in [2.75, 3.05) is 0 Å². The first-order valence-electron chi connectivity index (χ1n) is 5.50. The van der Waals surface area contributed by atoms with Gasteiger partial charge < -0.3 is 4.57 Å². The highest BCUT2D eigenvalue weighted by molar-refractivity contribution is 5.94. The zero-order chi connectivity index (χ0) is 12.0. The minimum absolute atomic E-state index is 0.160. The van der Waals surface area contributed by atoms with E-state index < -0.39 is 5.41 Å². The fourth-order valence-electron chi connectivity index (χ4n) is 2.55. The van der Waals surface area contributed by atoms with Gasteiger partial charge in [0.1, 0.15) is 11.4 Å². The minimum Gasteiger partial charge on any atom is -0.335 e. The molecular formula is C13H11N3O. The number of pyridine rings is 1. The van der Waals surface area contributed by atoms with Crippen molar-refractivity contribution in [2.45, 2.75) is 18.3 Å². The van der Waals surface area contributed by atoms with E-state index in [9.17, 15) is 10.1 Å². The first-order chi connectivity index (χ1) is 8.16. The van der Waals surface area contributed by atoms with E-state index in [2.05, 4.69) is 11.1 Å². The molecule has 1 aliphatic rings. The lowest BCUT2D eigenvalue weighted by Crippen LogP contribution is -2.40. The van der Waals surface area contributed by atoms with Gasteiger partial charge >= 0.3 is 0 Å². The van der Waals surface area contributed by atoms with Crippen molar-refractivity contribution in [1.29, 1.82) is 5.26 Å². The van der Waals surface area contributed by atoms with Gasteiger partial charge in [-0.3, -0.25) is 4.79 Å². The van der Waals surface area contributed by atoms with Crippen LogP contribution in [0.3, 0.4) is 0 Å². The molecule has 1 fully saturated rings. The number of aromatic nitrogens is 2. The third kappa shape index (κ3) is 1.22. The molecule has 0 N–H and O–H groups in total. The molecule has 1 aliphatic carbocycles. The molecule has 2 heterocycles. The van der Waals surface area contributed by atoms with E-state index in [0.717, 1.165) is 16.6 Å². The van der Waals surface area contributed by atoms with Gasteiger partial charge in [0, 0.05) is 43.2 Å². The van der Waals surface area contributed by atoms with Gasteiger partial charge in [-0.05, 0) is 12.1 Å². The first-order valence-corrected chi connectivity index (χ1v) is 5.50. The summed E-state index contributed by atoms with van der Waals surface area (Å²) in [6.45, 7) is 0. The second-order valence-electron chi connectivity index (χ2n) is 4.61. The minimum atomic E-state index is -0.625. The lowest BCUT2D eigenvalue weighted by atomic mass is 9.65. The summed E-state index contributed by atoms with van der Waals surface area (Å²) in [5.41, 5.74) is 1.17. The SMILES string of the molecule is Cn1cc(C2(C#N)CC(=O)C2)c2cccnc21. The Kier molecular flexibility index (Phi) is 1.87. The van der Waals surface area contributed by atoms with E-state index in [1.54, 1.807) is 6.20 Å². The summed E-state index contributed by atoms with van der Waals surface area (Å²) in [7, 11) is 1.91. The number of rotatable bonds is 1. The number of Topliss-reactive ketones (excluding diaryl/α,β-unsaturated/α-hetero) is 1. The van der Waals surface area contributed by atoms with E-state index in [0.29, 0.717) is 12.8 Å². The molecule has 0 radical (unpaired) electrons. The topological polar surface area (TPSA) is 58.7 Å². The van der Waals surface area contributed by atoms with Crippen LogP contribution in [0.1, 0.15) is 18.4 Å². The molecule has 17 heavy (non-hydrogen) atoms. The normalized spacial score (nSPS) is 17.8. The number of nitrogens with zero attached hydrogens (tertiary/aromatic N) is 3. The van der Waals surface area contributed by atoms with Gasteiger partial charge in [-0.2, -0.15) is 5.26 Å². The Hall–Kier alpha value is -2.15. The van der Waals surface area contributed by atoms with E-state index >= 15 is 0 Å². The summed E-state index contributed by atoms with van der Waals surface area (Å²) in [6, 6.07) is 6.12. The van der Waals surface area contributed by atoms with Gasteiger partial charge in [0.25, 0.3) is 0 Å². The fourth-order valence-corrected chi connectivity index (χ4v) is 2.55. The number of nitriles is 1. The van der Waals surface area contributed by atoms with Crippen molar-refractivity contribution in [1.82, 2.24) is 9.55 Å². The molecule has 4 heteroatoms. The zero-order valence-corrected chi connectivity index (χ0v) is 9.47. The van der Waals surface area contributed by atoms with Crippen LogP contribution in [-0.2, 0) is 17.3 Å². The van der Waals surface area contributed by atoms with Gasteiger partial charge in [0.2, 0.25) is 0 Å². The van der Waals surface area contributed by atoms with Crippen molar-refractivity contribution >= 4 is 16.8 Å². The highest BCUT2D eigenvalue weighted by atomic mass is 16.1. The third-order valence-corrected chi connectivity index (χ3v) is 3.46. The molecule has 2 aromatic heterocycles. The standard InChI is InChI=1S/C13H11N3O/c1-16-7-11(10-3-2-4-15-12(10)16)13(8-14)5-9(17)6-13/h2-4,7H,5-6H2,1H3. The second kappa shape index (κ2) is 3.17. The highest BCUT2D eigenvalue weighted by Crippen LogP contribution is 2.43. The van der Waals surface area contributed by atoms with Crippen LogP contribution < -0.4 is 0 Å². The van der Waals surface area contributed by atoms with E-state index in [1.165, 1.54) is 0 Å². The Labute approximate surface area is 98.5 Å². The molecule has 3 rings (SSSR count). The molecule has 2 aromatic rings. The maximum Gasteiger partial charge on any atom is 0.139 e. The summed E-state index contributed by atoms with van der Waals surface area (Å²) in [4.78, 5) is 15.5. The number of ketones is 1. The number of carbonyl (C=O) groups is 1. The highest BCUT2D eigenvalue weighted by Gasteiger charge is 2.47. The molecule has 0 saturated heterocycles. The average molecular weight is 225 g/mol. The number of hydrogen-bond acceptors (Lipinski definition) is 3. The predicted octanol–water partition coefficient (Wildman–Crippen LogP) is 1.70. The largest absolute Gasteiger partial charge is 0.335 e. The van der Waals surface area contributed by atoms with Crippen LogP contribution in [0.25, 0.3) is 11.0 Å². The molecular weight excluding hydrogens is 214 g/mol. The Bertz CT molecular complexity index is 655. The monoisotopic (exact) mass is 225 g/mol. The van der Waals surface area contributed by atoms with Crippen LogP contribution in [0.5, 0.6) is 0 Å². The van der Waals surface area contributed by atoms with Crippen LogP contribution in [0, 0.1) is 11.3 Å². The van der Waals surface area contributed by atoms with Gasteiger partial charge in [-0.15, -0.1) is 0 Å². The van der Waals surface area contributed by atoms with Gasteiger partial charge in [0.05, 0.1) is 11.5 Å². The molecule has 0 aliphatic heterocycles. The van der Waals surface area contributed by atoms with Crippen molar-refractivity contribution in [3.05, 3.63) is 30.1 Å². The van der Waals surface area contributed by atoms with E-state index in [4.69, 9.17) is 0 Å². The van der Waals surface area contributed by atoms with Gasteiger partial charge in [-0.25, -0.2) is 4.98 Å². The fraction of sp³-hybridized carbons (Fsp3) is 0.308. The van der Waals surface area contributed by atoms with Crippen molar-refractivity contribution in [2.24, 2.45) is 7.05 Å². The lowest BCUT2D eigenvalue weighted by Gasteiger charge is -2.33. The molecule has 1 saturated carbocycles. The lowest BCUT2D eigenvalue weighted by molar-refractivity contribution is -0.126. The van der Waals surface area contributed by atoms with Crippen molar-refractivity contribution in [3.8, 4) is 6.07 Å². The molecule has 0 spiro atoms. The van der Waals surface area contributed by atoms with Crippen LogP contribution in [0.4, 0.5) is 0 Å². The Morgan fingerprint density at radius 1 is 1.53 bits per heavy atom. The molecule has 0 bridgehead atoms. The molecule has 0 atom stereocenters. The Morgan fingerprint density at radius 2 is 2.29 bits per heavy atom. The Morgan fingerprint density at radius 3 is 2.94 bits per heavy atom. The maximum atomic E-state index is 11.2. The summed E-state index contributed by atoms with van der Waals surface area (Å²) in [6.07, 6.45) is 4.32. The quantitative estimate of drug-likeness (QED) is 0.742. The smallest absolute Gasteiger partial charge is 0.139 e. The predicted molar refractivity (Wildman–Crippen MR) is 62.2 cm³/mol. The van der Waals surface area contributed by atoms with Crippen LogP contribution >= 0.6 is 0 Å². The summed E-state index contributed by atoms with van der Waals surface area (Å²) >= 11 is 0. The maximum absolute atomic E-state index is 11.2. The van der Waals surface area contributed by atoms with Crippen molar-refractivity contribution in [3.63, 3.8) is 0 Å². The van der Waals surface area contributed by atoms with Crippen LogP contribution in [0.15, 0.2) is 24.5 Å². The second-order valence-corrected chi connectivity index (χ2v) is 4.61. The number of hydrogen-bond donors (Lipinski definition) is 0. The first kappa shape index (κ1) is 10.0. The molecule has 0 amide bonds. The zero-order valence-electron chi connectivity index (χ0n) is 9.47. The Balaban J connectivity index is 2.25. The number of carbonyl (C=O) groups excluding carboxylic acids is 1. The third-order valence-electron chi connectivity index (χ3n) is 3.46. The van der Waals surface area contributed by atoms with E-state index in [1.807, 2.05) is 29.9 Å². The van der Waals surface area contributed by atoms with Crippen molar-refractivity contribution < 1.29 is 4.79 Å². The van der Waals surface area contributed by atoms with Crippen LogP contribution in [0.2, 0.25) is 0 Å². The number of aryl methyl sites for hydroxylation is 1. The summed E-state index contributed by atoms with van der Waals surface area (Å²) in [5, 5.41) is 10.3. The summed E-state index contributed by atoms with van der Waals surface area (Å²) < 4.78 is 1.91.